The Bertz CT molecular complexity index is 423. The molecule has 4 nitrogen and oxygen atoms in total. The van der Waals surface area contributed by atoms with Gasteiger partial charge in [0.2, 0.25) is 0 Å². The highest BCUT2D eigenvalue weighted by Crippen LogP contribution is 2.31. The van der Waals surface area contributed by atoms with Crippen LogP contribution in [0.5, 0.6) is 5.75 Å². The first-order chi connectivity index (χ1) is 6.85. The number of anilines is 1. The van der Waals surface area contributed by atoms with E-state index in [1.807, 2.05) is 0 Å². The molecule has 0 saturated heterocycles. The molecule has 1 aromatic rings. The smallest absolute Gasteiger partial charge is 0.400 e. The molecule has 0 radical (unpaired) electrons. The average molecular weight is 221 g/mol. The number of hydrogen-bond donors (Lipinski definition) is 1. The van der Waals surface area contributed by atoms with Crippen LogP contribution in [-0.2, 0) is 0 Å². The molecule has 1 aromatic heterocycles. The summed E-state index contributed by atoms with van der Waals surface area (Å²) in [7, 11) is 0. The van der Waals surface area contributed by atoms with Crippen LogP contribution in [0.2, 0.25) is 0 Å². The van der Waals surface area contributed by atoms with Crippen LogP contribution >= 0.6 is 0 Å². The van der Waals surface area contributed by atoms with E-state index in [-0.39, 0.29) is 0 Å². The highest BCUT2D eigenvalue weighted by atomic mass is 19.4. The molecule has 2 N–H and O–H groups in total. The van der Waals surface area contributed by atoms with E-state index in [1.165, 1.54) is 6.07 Å². The number of aromatic nitrogens is 1. The van der Waals surface area contributed by atoms with Crippen LogP contribution in [0.1, 0.15) is 5.69 Å². The van der Waals surface area contributed by atoms with Crippen LogP contribution in [0.3, 0.4) is 0 Å². The van der Waals surface area contributed by atoms with E-state index in [4.69, 9.17) is 11.0 Å². The van der Waals surface area contributed by atoms with Crippen LogP contribution in [0.4, 0.5) is 23.2 Å². The first-order valence-corrected chi connectivity index (χ1v) is 3.45. The largest absolute Gasteiger partial charge is 0.573 e. The molecule has 0 aliphatic heterocycles. The van der Waals surface area contributed by atoms with Crippen molar-refractivity contribution in [2.75, 3.05) is 5.73 Å². The summed E-state index contributed by atoms with van der Waals surface area (Å²) in [5.41, 5.74) is 3.74. The Balaban J connectivity index is 3.23. The average Bonchev–Trinajstić information content (AvgIpc) is 2.11. The van der Waals surface area contributed by atoms with Crippen molar-refractivity contribution in [1.82, 2.24) is 4.98 Å². The predicted octanol–water partition coefficient (Wildman–Crippen LogP) is 1.57. The van der Waals surface area contributed by atoms with Crippen LogP contribution in [-0.4, -0.2) is 11.3 Å². The van der Waals surface area contributed by atoms with Crippen molar-refractivity contribution in [3.63, 3.8) is 0 Å². The van der Waals surface area contributed by atoms with Gasteiger partial charge < -0.3 is 10.5 Å². The summed E-state index contributed by atoms with van der Waals surface area (Å²) in [6.45, 7) is 0. The number of nitrogen functional groups attached to an aromatic ring is 1. The third-order valence-corrected chi connectivity index (χ3v) is 1.35. The van der Waals surface area contributed by atoms with Gasteiger partial charge in [0, 0.05) is 0 Å². The molecule has 0 aliphatic carbocycles. The number of alkyl halides is 3. The lowest BCUT2D eigenvalue weighted by Gasteiger charge is -2.11. The molecule has 1 heterocycles. The summed E-state index contributed by atoms with van der Waals surface area (Å²) in [6, 6.07) is 1.40. The van der Waals surface area contributed by atoms with Gasteiger partial charge in [-0.3, -0.25) is 0 Å². The Morgan fingerprint density at radius 1 is 1.47 bits per heavy atom. The molecule has 0 spiro atoms. The molecule has 0 saturated carbocycles. The lowest BCUT2D eigenvalue weighted by atomic mass is 10.3. The standard InChI is InChI=1S/C7H3F4N3O/c8-3-2-14-4(1-12)5(13)6(3)15-7(9,10)11/h2H,13H2. The topological polar surface area (TPSA) is 71.9 Å². The van der Waals surface area contributed by atoms with E-state index >= 15 is 0 Å². The quantitative estimate of drug-likeness (QED) is 0.730. The number of rotatable bonds is 1. The van der Waals surface area contributed by atoms with Crippen molar-refractivity contribution in [2.24, 2.45) is 0 Å². The zero-order chi connectivity index (χ0) is 11.6. The van der Waals surface area contributed by atoms with Gasteiger partial charge in [0.05, 0.1) is 6.20 Å². The minimum absolute atomic E-state index is 0.427. The Morgan fingerprint density at radius 2 is 2.07 bits per heavy atom. The van der Waals surface area contributed by atoms with Gasteiger partial charge in [-0.2, -0.15) is 5.26 Å². The highest BCUT2D eigenvalue weighted by Gasteiger charge is 2.34. The van der Waals surface area contributed by atoms with E-state index in [2.05, 4.69) is 9.72 Å². The third kappa shape index (κ3) is 2.46. The number of pyridine rings is 1. The van der Waals surface area contributed by atoms with Crippen molar-refractivity contribution in [3.05, 3.63) is 17.7 Å². The Hall–Kier alpha value is -2.04. The summed E-state index contributed by atoms with van der Waals surface area (Å²) < 4.78 is 51.5. The summed E-state index contributed by atoms with van der Waals surface area (Å²) in [5, 5.41) is 8.38. The number of halogens is 4. The van der Waals surface area contributed by atoms with Crippen LogP contribution in [0.15, 0.2) is 6.20 Å². The molecule has 8 heteroatoms. The molecular weight excluding hydrogens is 218 g/mol. The van der Waals surface area contributed by atoms with Gasteiger partial charge in [-0.25, -0.2) is 9.37 Å². The second-order valence-electron chi connectivity index (χ2n) is 2.36. The summed E-state index contributed by atoms with van der Waals surface area (Å²) in [6.07, 6.45) is -4.65. The normalized spacial score (nSPS) is 10.9. The molecule has 15 heavy (non-hydrogen) atoms. The molecule has 1 rings (SSSR count). The SMILES string of the molecule is N#Cc1ncc(F)c(OC(F)(F)F)c1N. The molecule has 80 valence electrons. The van der Waals surface area contributed by atoms with Crippen molar-refractivity contribution in [1.29, 1.82) is 5.26 Å². The fourth-order valence-corrected chi connectivity index (χ4v) is 0.794. The molecule has 0 unspecified atom stereocenters. The van der Waals surface area contributed by atoms with E-state index in [0.29, 0.717) is 6.20 Å². The maximum Gasteiger partial charge on any atom is 0.573 e. The first-order valence-electron chi connectivity index (χ1n) is 3.45. The Labute approximate surface area is 80.9 Å². The maximum absolute atomic E-state index is 12.8. The van der Waals surface area contributed by atoms with E-state index in [1.54, 1.807) is 0 Å². The lowest BCUT2D eigenvalue weighted by molar-refractivity contribution is -0.275. The Morgan fingerprint density at radius 3 is 2.53 bits per heavy atom. The number of nitriles is 1. The van der Waals surface area contributed by atoms with Gasteiger partial charge in [-0.05, 0) is 0 Å². The minimum Gasteiger partial charge on any atom is -0.400 e. The van der Waals surface area contributed by atoms with Gasteiger partial charge >= 0.3 is 6.36 Å². The fraction of sp³-hybridized carbons (Fsp3) is 0.143. The number of ether oxygens (including phenoxy) is 1. The first kappa shape index (κ1) is 11.0. The zero-order valence-electron chi connectivity index (χ0n) is 6.97. The van der Waals surface area contributed by atoms with Crippen molar-refractivity contribution < 1.29 is 22.3 Å². The zero-order valence-corrected chi connectivity index (χ0v) is 6.97. The monoisotopic (exact) mass is 221 g/mol. The lowest BCUT2D eigenvalue weighted by Crippen LogP contribution is -2.19. The second-order valence-corrected chi connectivity index (χ2v) is 2.36. The van der Waals surface area contributed by atoms with E-state index in [9.17, 15) is 17.6 Å². The second kappa shape index (κ2) is 3.61. The van der Waals surface area contributed by atoms with Crippen molar-refractivity contribution >= 4 is 5.69 Å². The molecule has 0 atom stereocenters. The maximum atomic E-state index is 12.8. The van der Waals surface area contributed by atoms with Crippen LogP contribution in [0, 0.1) is 17.1 Å². The van der Waals surface area contributed by atoms with Crippen molar-refractivity contribution in [2.45, 2.75) is 6.36 Å². The Kier molecular flexibility index (Phi) is 2.65. The third-order valence-electron chi connectivity index (χ3n) is 1.35. The van der Waals surface area contributed by atoms with E-state index in [0.717, 1.165) is 0 Å². The molecule has 0 bridgehead atoms. The number of nitrogens with two attached hydrogens (primary N) is 1. The molecule has 0 aliphatic rings. The summed E-state index contributed by atoms with van der Waals surface area (Å²) >= 11 is 0. The van der Waals surface area contributed by atoms with Crippen LogP contribution < -0.4 is 10.5 Å². The number of hydrogen-bond acceptors (Lipinski definition) is 4. The molecule has 0 aromatic carbocycles. The van der Waals surface area contributed by atoms with Crippen LogP contribution in [0.25, 0.3) is 0 Å². The van der Waals surface area contributed by atoms with Gasteiger partial charge in [-0.1, -0.05) is 0 Å². The van der Waals surface area contributed by atoms with Gasteiger partial charge in [0.1, 0.15) is 11.8 Å². The van der Waals surface area contributed by atoms with E-state index < -0.39 is 29.3 Å². The minimum atomic E-state index is -5.08. The van der Waals surface area contributed by atoms with Gasteiger partial charge in [0.15, 0.2) is 17.3 Å². The van der Waals surface area contributed by atoms with Crippen molar-refractivity contribution in [3.8, 4) is 11.8 Å². The van der Waals surface area contributed by atoms with Gasteiger partial charge in [0.25, 0.3) is 0 Å². The molecular formula is C7H3F4N3O. The summed E-state index contributed by atoms with van der Waals surface area (Å²) in [4.78, 5) is 3.18. The summed E-state index contributed by atoms with van der Waals surface area (Å²) in [5.74, 6) is -2.63. The number of nitrogens with zero attached hydrogens (tertiary/aromatic N) is 2. The molecule has 0 amide bonds. The fourth-order valence-electron chi connectivity index (χ4n) is 0.794. The predicted molar refractivity (Wildman–Crippen MR) is 40.0 cm³/mol. The molecule has 0 fully saturated rings. The van der Waals surface area contributed by atoms with Gasteiger partial charge in [-0.15, -0.1) is 13.2 Å². The highest BCUT2D eigenvalue weighted by molar-refractivity contribution is 5.60.